The summed E-state index contributed by atoms with van der Waals surface area (Å²) in [6.45, 7) is 0. The Kier molecular flexibility index (Phi) is 2.27. The van der Waals surface area contributed by atoms with E-state index in [0.717, 1.165) is 27.3 Å². The van der Waals surface area contributed by atoms with Crippen LogP contribution in [0.2, 0.25) is 0 Å². The highest BCUT2D eigenvalue weighted by atomic mass is 127. The first-order valence-electron chi connectivity index (χ1n) is 5.21. The van der Waals surface area contributed by atoms with Gasteiger partial charge in [0, 0.05) is 20.6 Å². The van der Waals surface area contributed by atoms with Crippen molar-refractivity contribution in [1.29, 1.82) is 0 Å². The van der Waals surface area contributed by atoms with E-state index in [1.54, 1.807) is 6.07 Å². The quantitative estimate of drug-likeness (QED) is 0.643. The van der Waals surface area contributed by atoms with E-state index in [1.807, 2.05) is 12.1 Å². The van der Waals surface area contributed by atoms with Gasteiger partial charge in [-0.3, -0.25) is 0 Å². The minimum Gasteiger partial charge on any atom is -0.398 e. The molecule has 1 heterocycles. The van der Waals surface area contributed by atoms with Gasteiger partial charge in [0.1, 0.15) is 5.82 Å². The summed E-state index contributed by atoms with van der Waals surface area (Å²) in [6.07, 6.45) is 2.11. The van der Waals surface area contributed by atoms with Crippen molar-refractivity contribution in [2.24, 2.45) is 0 Å². The molecule has 4 heteroatoms. The lowest BCUT2D eigenvalue weighted by Gasteiger charge is -2.06. The van der Waals surface area contributed by atoms with Crippen LogP contribution in [-0.4, -0.2) is 4.98 Å². The molecule has 1 aliphatic carbocycles. The van der Waals surface area contributed by atoms with Gasteiger partial charge in [0.15, 0.2) is 0 Å². The zero-order valence-electron chi connectivity index (χ0n) is 8.50. The zero-order valence-corrected chi connectivity index (χ0v) is 10.7. The van der Waals surface area contributed by atoms with Gasteiger partial charge in [-0.05, 0) is 53.6 Å². The fourth-order valence-corrected chi connectivity index (χ4v) is 2.47. The average Bonchev–Trinajstić information content (AvgIpc) is 3.08. The summed E-state index contributed by atoms with van der Waals surface area (Å²) in [5.41, 5.74) is 7.92. The van der Waals surface area contributed by atoms with E-state index in [-0.39, 0.29) is 5.82 Å². The molecular weight excluding hydrogens is 318 g/mol. The Bertz CT molecular complexity index is 579. The van der Waals surface area contributed by atoms with Crippen LogP contribution in [0.25, 0.3) is 10.9 Å². The number of fused-ring (bicyclic) bond motifs is 1. The van der Waals surface area contributed by atoms with Gasteiger partial charge in [-0.25, -0.2) is 9.37 Å². The highest BCUT2D eigenvalue weighted by Gasteiger charge is 2.28. The molecule has 1 aromatic carbocycles. The third-order valence-corrected chi connectivity index (χ3v) is 4.11. The van der Waals surface area contributed by atoms with Crippen molar-refractivity contribution in [2.45, 2.75) is 18.8 Å². The molecule has 0 spiro atoms. The molecule has 0 bridgehead atoms. The van der Waals surface area contributed by atoms with E-state index >= 15 is 0 Å². The first kappa shape index (κ1) is 10.3. The number of anilines is 1. The Hall–Kier alpha value is -0.910. The molecule has 1 fully saturated rings. The third-order valence-electron chi connectivity index (χ3n) is 2.91. The normalized spacial score (nSPS) is 15.6. The molecule has 0 radical (unpaired) electrons. The first-order valence-corrected chi connectivity index (χ1v) is 6.29. The van der Waals surface area contributed by atoms with Gasteiger partial charge in [0.2, 0.25) is 0 Å². The number of nitrogen functional groups attached to an aromatic ring is 1. The van der Waals surface area contributed by atoms with Crippen molar-refractivity contribution in [3.8, 4) is 0 Å². The monoisotopic (exact) mass is 328 g/mol. The van der Waals surface area contributed by atoms with Gasteiger partial charge in [-0.1, -0.05) is 0 Å². The van der Waals surface area contributed by atoms with E-state index in [9.17, 15) is 4.39 Å². The van der Waals surface area contributed by atoms with Crippen LogP contribution in [0.1, 0.15) is 24.5 Å². The molecule has 1 saturated carbocycles. The van der Waals surface area contributed by atoms with E-state index in [2.05, 4.69) is 27.6 Å². The predicted molar refractivity (Wildman–Crippen MR) is 70.8 cm³/mol. The van der Waals surface area contributed by atoms with Crippen molar-refractivity contribution in [3.05, 3.63) is 33.3 Å². The summed E-state index contributed by atoms with van der Waals surface area (Å²) in [5.74, 6) is 0.137. The van der Waals surface area contributed by atoms with Crippen LogP contribution < -0.4 is 5.73 Å². The van der Waals surface area contributed by atoms with Gasteiger partial charge < -0.3 is 5.73 Å². The highest BCUT2D eigenvalue weighted by Crippen LogP contribution is 2.41. The Balaban J connectivity index is 2.30. The second kappa shape index (κ2) is 3.55. The van der Waals surface area contributed by atoms with Crippen molar-refractivity contribution in [2.75, 3.05) is 5.73 Å². The summed E-state index contributed by atoms with van der Waals surface area (Å²) >= 11 is 2.13. The molecule has 0 aliphatic heterocycles. The summed E-state index contributed by atoms with van der Waals surface area (Å²) in [6, 6.07) is 5.25. The largest absolute Gasteiger partial charge is 0.398 e. The van der Waals surface area contributed by atoms with E-state index < -0.39 is 0 Å². The number of hydrogen-bond acceptors (Lipinski definition) is 2. The Labute approximate surface area is 106 Å². The number of pyridine rings is 1. The average molecular weight is 328 g/mol. The van der Waals surface area contributed by atoms with Gasteiger partial charge >= 0.3 is 0 Å². The molecule has 0 unspecified atom stereocenters. The van der Waals surface area contributed by atoms with E-state index in [4.69, 9.17) is 5.73 Å². The van der Waals surface area contributed by atoms with Crippen LogP contribution in [0.4, 0.5) is 10.1 Å². The molecule has 0 atom stereocenters. The second-order valence-electron chi connectivity index (χ2n) is 4.17. The molecule has 1 aromatic heterocycles. The van der Waals surface area contributed by atoms with Crippen molar-refractivity contribution in [1.82, 2.24) is 4.98 Å². The molecule has 1 aliphatic rings. The molecule has 2 aromatic rings. The number of aromatic nitrogens is 1. The fourth-order valence-electron chi connectivity index (χ4n) is 1.86. The number of benzene rings is 1. The van der Waals surface area contributed by atoms with Crippen molar-refractivity contribution in [3.63, 3.8) is 0 Å². The van der Waals surface area contributed by atoms with Crippen molar-refractivity contribution >= 4 is 39.2 Å². The smallest absolute Gasteiger partial charge is 0.145 e. The van der Waals surface area contributed by atoms with Crippen LogP contribution in [0, 0.1) is 9.39 Å². The van der Waals surface area contributed by atoms with E-state index in [1.165, 1.54) is 0 Å². The summed E-state index contributed by atoms with van der Waals surface area (Å²) < 4.78 is 14.7. The summed E-state index contributed by atoms with van der Waals surface area (Å²) in [7, 11) is 0. The van der Waals surface area contributed by atoms with Crippen molar-refractivity contribution < 1.29 is 4.39 Å². The lowest BCUT2D eigenvalue weighted by Crippen LogP contribution is -1.97. The maximum absolute atomic E-state index is 13.8. The predicted octanol–water partition coefficient (Wildman–Crippen LogP) is 3.44. The van der Waals surface area contributed by atoms with E-state index in [0.29, 0.717) is 17.3 Å². The van der Waals surface area contributed by atoms with Crippen LogP contribution in [0.5, 0.6) is 0 Å². The van der Waals surface area contributed by atoms with Crippen LogP contribution in [-0.2, 0) is 0 Å². The maximum atomic E-state index is 13.8. The Morgan fingerprint density at radius 2 is 2.12 bits per heavy atom. The Morgan fingerprint density at radius 1 is 1.38 bits per heavy atom. The first-order chi connectivity index (χ1) is 7.66. The van der Waals surface area contributed by atoms with Crippen LogP contribution in [0.3, 0.4) is 0 Å². The zero-order chi connectivity index (χ0) is 11.3. The molecule has 16 heavy (non-hydrogen) atoms. The topological polar surface area (TPSA) is 38.9 Å². The minimum absolute atomic E-state index is 0.196. The fraction of sp³-hybridized carbons (Fsp3) is 0.250. The molecule has 3 rings (SSSR count). The van der Waals surface area contributed by atoms with Gasteiger partial charge in [-0.15, -0.1) is 0 Å². The summed E-state index contributed by atoms with van der Waals surface area (Å²) in [5, 5.41) is 0.808. The lowest BCUT2D eigenvalue weighted by molar-refractivity contribution is 0.603. The molecule has 82 valence electrons. The standard InChI is InChI=1S/C12H10FIN2/c13-8-5-7-10(4-3-9(15)11(7)14)16-12(8)6-1-2-6/h3-6H,1-2,15H2. The lowest BCUT2D eigenvalue weighted by atomic mass is 10.1. The minimum atomic E-state index is -0.196. The number of hydrogen-bond donors (Lipinski definition) is 1. The SMILES string of the molecule is Nc1ccc2nc(C3CC3)c(F)cc2c1I. The van der Waals surface area contributed by atoms with Crippen LogP contribution in [0.15, 0.2) is 18.2 Å². The number of rotatable bonds is 1. The van der Waals surface area contributed by atoms with Gasteiger partial charge in [0.25, 0.3) is 0 Å². The number of halogens is 2. The Morgan fingerprint density at radius 3 is 2.81 bits per heavy atom. The molecule has 0 saturated heterocycles. The number of nitrogens with two attached hydrogens (primary N) is 1. The van der Waals surface area contributed by atoms with Gasteiger partial charge in [-0.2, -0.15) is 0 Å². The van der Waals surface area contributed by atoms with Gasteiger partial charge in [0.05, 0.1) is 11.2 Å². The maximum Gasteiger partial charge on any atom is 0.145 e. The third kappa shape index (κ3) is 1.55. The highest BCUT2D eigenvalue weighted by molar-refractivity contribution is 14.1. The molecule has 2 N–H and O–H groups in total. The molecule has 0 amide bonds. The molecular formula is C12H10FIN2. The van der Waals surface area contributed by atoms with Crippen LogP contribution >= 0.6 is 22.6 Å². The second-order valence-corrected chi connectivity index (χ2v) is 5.24. The molecule has 2 nitrogen and oxygen atoms in total. The summed E-state index contributed by atoms with van der Waals surface area (Å²) in [4.78, 5) is 4.40. The number of nitrogens with zero attached hydrogens (tertiary/aromatic N) is 1.